The number of nitrogens with zero attached hydrogens (tertiary/aromatic N) is 2. The van der Waals surface area contributed by atoms with Crippen molar-refractivity contribution in [3.8, 4) is 5.75 Å². The Morgan fingerprint density at radius 1 is 1.15 bits per heavy atom. The molecule has 0 aliphatic heterocycles. The van der Waals surface area contributed by atoms with Gasteiger partial charge in [0.15, 0.2) is 0 Å². The number of carbonyl (C=O) groups is 1. The van der Waals surface area contributed by atoms with Crippen LogP contribution in [0.3, 0.4) is 0 Å². The van der Waals surface area contributed by atoms with Crippen LogP contribution < -0.4 is 4.74 Å². The molecule has 2 aromatic heterocycles. The fourth-order valence-corrected chi connectivity index (χ4v) is 4.43. The first-order valence-electron chi connectivity index (χ1n) is 9.19. The molecule has 1 fully saturated rings. The van der Waals surface area contributed by atoms with Crippen LogP contribution in [0.5, 0.6) is 5.75 Å². The van der Waals surface area contributed by atoms with E-state index in [1.54, 1.807) is 18.4 Å². The predicted molar refractivity (Wildman–Crippen MR) is 108 cm³/mol. The molecule has 4 nitrogen and oxygen atoms in total. The van der Waals surface area contributed by atoms with Crippen molar-refractivity contribution in [2.24, 2.45) is 7.05 Å². The van der Waals surface area contributed by atoms with Crippen molar-refractivity contribution in [1.29, 1.82) is 0 Å². The lowest BCUT2D eigenvalue weighted by molar-refractivity contribution is -0.135. The Morgan fingerprint density at radius 3 is 2.59 bits per heavy atom. The summed E-state index contributed by atoms with van der Waals surface area (Å²) in [5.41, 5.74) is 1.70. The highest BCUT2D eigenvalue weighted by Crippen LogP contribution is 2.52. The van der Waals surface area contributed by atoms with Gasteiger partial charge < -0.3 is 14.2 Å². The van der Waals surface area contributed by atoms with Crippen LogP contribution in [-0.2, 0) is 30.3 Å². The monoisotopic (exact) mass is 380 g/mol. The third-order valence-corrected chi connectivity index (χ3v) is 6.26. The van der Waals surface area contributed by atoms with Gasteiger partial charge in [-0.25, -0.2) is 0 Å². The molecule has 2 heterocycles. The van der Waals surface area contributed by atoms with Crippen LogP contribution in [0, 0.1) is 0 Å². The van der Waals surface area contributed by atoms with Crippen molar-refractivity contribution < 1.29 is 9.53 Å². The third kappa shape index (κ3) is 3.39. The highest BCUT2D eigenvalue weighted by molar-refractivity contribution is 7.09. The van der Waals surface area contributed by atoms with E-state index in [2.05, 4.69) is 22.1 Å². The smallest absolute Gasteiger partial charge is 0.234 e. The largest absolute Gasteiger partial charge is 0.496 e. The Bertz CT molecular complexity index is 925. The number of benzene rings is 1. The molecule has 1 saturated carbocycles. The predicted octanol–water partition coefficient (Wildman–Crippen LogP) is 4.36. The molecule has 5 heteroatoms. The number of para-hydroxylation sites is 1. The number of hydrogen-bond donors (Lipinski definition) is 0. The van der Waals surface area contributed by atoms with Gasteiger partial charge in [-0.05, 0) is 42.5 Å². The summed E-state index contributed by atoms with van der Waals surface area (Å²) >= 11 is 1.69. The highest BCUT2D eigenvalue weighted by Gasteiger charge is 2.54. The SMILES string of the molecule is COc1ccccc1C1(C(=O)N(Cc2cccs2)Cc2cccn2C)CC1. The molecule has 1 aliphatic carbocycles. The number of thiophene rings is 1. The van der Waals surface area contributed by atoms with Crippen molar-refractivity contribution >= 4 is 17.2 Å². The van der Waals surface area contributed by atoms with E-state index in [-0.39, 0.29) is 5.91 Å². The van der Waals surface area contributed by atoms with Gasteiger partial charge in [-0.3, -0.25) is 4.79 Å². The number of carbonyl (C=O) groups excluding carboxylic acids is 1. The zero-order valence-electron chi connectivity index (χ0n) is 15.7. The average Bonchev–Trinajstić information content (AvgIpc) is 3.15. The Hall–Kier alpha value is -2.53. The standard InChI is InChI=1S/C22H24N2O2S/c1-23-13-5-7-17(23)15-24(16-18-8-6-14-27-18)21(25)22(11-12-22)19-9-3-4-10-20(19)26-2/h3-10,13-14H,11-12,15-16H2,1-2H3. The van der Waals surface area contributed by atoms with E-state index >= 15 is 0 Å². The number of rotatable bonds is 7. The van der Waals surface area contributed by atoms with E-state index in [0.717, 1.165) is 29.8 Å². The van der Waals surface area contributed by atoms with Crippen molar-refractivity contribution in [3.63, 3.8) is 0 Å². The number of methoxy groups -OCH3 is 1. The number of aromatic nitrogens is 1. The molecule has 0 atom stereocenters. The van der Waals surface area contributed by atoms with Crippen molar-refractivity contribution in [2.45, 2.75) is 31.3 Å². The van der Waals surface area contributed by atoms with Crippen LogP contribution in [0.1, 0.15) is 29.0 Å². The molecule has 0 radical (unpaired) electrons. The maximum Gasteiger partial charge on any atom is 0.234 e. The summed E-state index contributed by atoms with van der Waals surface area (Å²) in [6, 6.07) is 16.2. The first-order valence-corrected chi connectivity index (χ1v) is 10.1. The van der Waals surface area contributed by atoms with Gasteiger partial charge in [-0.15, -0.1) is 11.3 Å². The van der Waals surface area contributed by atoms with Crippen LogP contribution in [-0.4, -0.2) is 22.5 Å². The lowest BCUT2D eigenvalue weighted by Gasteiger charge is -2.28. The molecular weight excluding hydrogens is 356 g/mol. The molecule has 0 unspecified atom stereocenters. The van der Waals surface area contributed by atoms with Gasteiger partial charge in [0.1, 0.15) is 5.75 Å². The van der Waals surface area contributed by atoms with Crippen LogP contribution in [0.25, 0.3) is 0 Å². The summed E-state index contributed by atoms with van der Waals surface area (Å²) in [5.74, 6) is 1.000. The summed E-state index contributed by atoms with van der Waals surface area (Å²) in [6.45, 7) is 1.25. The average molecular weight is 381 g/mol. The summed E-state index contributed by atoms with van der Waals surface area (Å²) in [7, 11) is 3.70. The molecule has 1 amide bonds. The quantitative estimate of drug-likeness (QED) is 0.610. The van der Waals surface area contributed by atoms with Gasteiger partial charge in [-0.1, -0.05) is 24.3 Å². The van der Waals surface area contributed by atoms with Gasteiger partial charge in [0.25, 0.3) is 0 Å². The molecule has 0 N–H and O–H groups in total. The Labute approximate surface area is 164 Å². The Kier molecular flexibility index (Phi) is 4.79. The zero-order valence-corrected chi connectivity index (χ0v) is 16.5. The Balaban J connectivity index is 1.66. The zero-order chi connectivity index (χ0) is 18.9. The van der Waals surface area contributed by atoms with Crippen molar-refractivity contribution in [1.82, 2.24) is 9.47 Å². The highest BCUT2D eigenvalue weighted by atomic mass is 32.1. The number of ether oxygens (including phenoxy) is 1. The Morgan fingerprint density at radius 2 is 1.96 bits per heavy atom. The summed E-state index contributed by atoms with van der Waals surface area (Å²) in [5, 5.41) is 2.06. The van der Waals surface area contributed by atoms with Crippen molar-refractivity contribution in [2.75, 3.05) is 7.11 Å². The molecular formula is C22H24N2O2S. The third-order valence-electron chi connectivity index (χ3n) is 5.40. The fourth-order valence-electron chi connectivity index (χ4n) is 3.71. The number of aryl methyl sites for hydroxylation is 1. The lowest BCUT2D eigenvalue weighted by Crippen LogP contribution is -2.39. The molecule has 27 heavy (non-hydrogen) atoms. The second-order valence-electron chi connectivity index (χ2n) is 7.13. The number of amides is 1. The molecule has 0 saturated heterocycles. The lowest BCUT2D eigenvalue weighted by atomic mass is 9.93. The second-order valence-corrected chi connectivity index (χ2v) is 8.17. The molecule has 140 valence electrons. The van der Waals surface area contributed by atoms with E-state index in [1.807, 2.05) is 54.5 Å². The first kappa shape index (κ1) is 17.9. The van der Waals surface area contributed by atoms with E-state index in [0.29, 0.717) is 13.1 Å². The summed E-state index contributed by atoms with van der Waals surface area (Å²) in [4.78, 5) is 16.9. The van der Waals surface area contributed by atoms with Crippen LogP contribution in [0.15, 0.2) is 60.1 Å². The molecule has 4 rings (SSSR count). The molecule has 0 bridgehead atoms. The van der Waals surface area contributed by atoms with Crippen LogP contribution in [0.4, 0.5) is 0 Å². The first-order chi connectivity index (χ1) is 13.1. The molecule has 1 aromatic carbocycles. The minimum atomic E-state index is -0.449. The molecule has 3 aromatic rings. The summed E-state index contributed by atoms with van der Waals surface area (Å²) in [6.07, 6.45) is 3.77. The van der Waals surface area contributed by atoms with E-state index < -0.39 is 5.41 Å². The van der Waals surface area contributed by atoms with Crippen LogP contribution >= 0.6 is 11.3 Å². The maximum atomic E-state index is 13.7. The minimum absolute atomic E-state index is 0.196. The number of hydrogen-bond acceptors (Lipinski definition) is 3. The van der Waals surface area contributed by atoms with Crippen LogP contribution in [0.2, 0.25) is 0 Å². The van der Waals surface area contributed by atoms with E-state index in [1.165, 1.54) is 4.88 Å². The molecule has 1 aliphatic rings. The van der Waals surface area contributed by atoms with Gasteiger partial charge in [0.2, 0.25) is 5.91 Å². The van der Waals surface area contributed by atoms with E-state index in [4.69, 9.17) is 4.74 Å². The van der Waals surface area contributed by atoms with Gasteiger partial charge in [0, 0.05) is 29.4 Å². The minimum Gasteiger partial charge on any atom is -0.496 e. The van der Waals surface area contributed by atoms with Gasteiger partial charge in [0.05, 0.1) is 25.6 Å². The fraction of sp³-hybridized carbons (Fsp3) is 0.318. The maximum absolute atomic E-state index is 13.7. The van der Waals surface area contributed by atoms with Gasteiger partial charge in [-0.2, -0.15) is 0 Å². The normalized spacial score (nSPS) is 14.7. The second kappa shape index (κ2) is 7.24. The topological polar surface area (TPSA) is 34.5 Å². The van der Waals surface area contributed by atoms with E-state index in [9.17, 15) is 4.79 Å². The van der Waals surface area contributed by atoms with Crippen molar-refractivity contribution in [3.05, 3.63) is 76.2 Å². The van der Waals surface area contributed by atoms with Gasteiger partial charge >= 0.3 is 0 Å². The summed E-state index contributed by atoms with van der Waals surface area (Å²) < 4.78 is 7.64. The molecule has 0 spiro atoms.